The highest BCUT2D eigenvalue weighted by atomic mass is 32.2. The Hall–Kier alpha value is -1.16. The van der Waals surface area contributed by atoms with Crippen LogP contribution in [0.1, 0.15) is 5.56 Å². The molecular weight excluding hydrogens is 174 g/mol. The number of para-hydroxylation sites is 1. The minimum absolute atomic E-state index is 0.591. The molecular formula is C8H7NO2S. The molecule has 0 aromatic heterocycles. The normalized spacial score (nSPS) is 18.5. The third-order valence-corrected chi connectivity index (χ3v) is 2.35. The van der Waals surface area contributed by atoms with Crippen molar-refractivity contribution in [2.24, 2.45) is 5.16 Å². The third kappa shape index (κ3) is 1.14. The lowest BCUT2D eigenvalue weighted by atomic mass is 10.1. The molecule has 12 heavy (non-hydrogen) atoms. The molecule has 3 nitrogen and oxygen atoms in total. The molecule has 1 heterocycles. The van der Waals surface area contributed by atoms with Crippen molar-refractivity contribution >= 4 is 17.8 Å². The predicted octanol–water partition coefficient (Wildman–Crippen LogP) is 1.91. The summed E-state index contributed by atoms with van der Waals surface area (Å²) in [5.74, 6) is 1.36. The Labute approximate surface area is 74.2 Å². The van der Waals surface area contributed by atoms with Gasteiger partial charge in [0.2, 0.25) is 0 Å². The second kappa shape index (κ2) is 3.06. The summed E-state index contributed by atoms with van der Waals surface area (Å²) in [5.41, 5.74) is 1.54. The van der Waals surface area contributed by atoms with Crippen molar-refractivity contribution in [2.45, 2.75) is 0 Å². The quantitative estimate of drug-likeness (QED) is 0.377. The van der Waals surface area contributed by atoms with Gasteiger partial charge in [0.1, 0.15) is 11.5 Å². The van der Waals surface area contributed by atoms with Gasteiger partial charge in [-0.05, 0) is 12.1 Å². The van der Waals surface area contributed by atoms with Gasteiger partial charge in [0, 0.05) is 5.56 Å². The van der Waals surface area contributed by atoms with Gasteiger partial charge in [-0.15, -0.1) is 0 Å². The van der Waals surface area contributed by atoms with E-state index in [1.54, 1.807) is 0 Å². The zero-order valence-corrected chi connectivity index (χ0v) is 7.04. The van der Waals surface area contributed by atoms with Crippen LogP contribution in [0.4, 0.5) is 0 Å². The summed E-state index contributed by atoms with van der Waals surface area (Å²) in [5, 5.41) is 11.9. The van der Waals surface area contributed by atoms with Crippen LogP contribution in [0.25, 0.3) is 0 Å². The number of rotatable bonds is 0. The maximum absolute atomic E-state index is 8.66. The lowest BCUT2D eigenvalue weighted by Gasteiger charge is -2.15. The molecule has 0 unspecified atom stereocenters. The molecule has 0 saturated heterocycles. The van der Waals surface area contributed by atoms with E-state index in [2.05, 4.69) is 5.16 Å². The second-order valence-corrected chi connectivity index (χ2v) is 3.08. The Balaban J connectivity index is 2.51. The lowest BCUT2D eigenvalue weighted by Crippen LogP contribution is -2.12. The van der Waals surface area contributed by atoms with E-state index in [-0.39, 0.29) is 0 Å². The summed E-state index contributed by atoms with van der Waals surface area (Å²) in [6.07, 6.45) is 0. The molecule has 1 N–H and O–H groups in total. The third-order valence-electron chi connectivity index (χ3n) is 1.66. The van der Waals surface area contributed by atoms with Crippen LogP contribution in [0.5, 0.6) is 5.75 Å². The standard InChI is InChI=1S/C8H7NO2S/c10-9-7-5-12-11-8-4-2-1-3-6(7)8/h1-4,10H,5H2. The molecule has 0 atom stereocenters. The van der Waals surface area contributed by atoms with E-state index >= 15 is 0 Å². The van der Waals surface area contributed by atoms with Crippen LogP contribution in [0.2, 0.25) is 0 Å². The van der Waals surface area contributed by atoms with Crippen LogP contribution in [-0.4, -0.2) is 16.7 Å². The van der Waals surface area contributed by atoms with Gasteiger partial charge in [-0.25, -0.2) is 0 Å². The first-order valence-corrected chi connectivity index (χ1v) is 4.42. The van der Waals surface area contributed by atoms with Crippen LogP contribution in [0.3, 0.4) is 0 Å². The van der Waals surface area contributed by atoms with Crippen molar-refractivity contribution in [3.8, 4) is 5.75 Å². The highest BCUT2D eigenvalue weighted by molar-refractivity contribution is 7.95. The second-order valence-electron chi connectivity index (χ2n) is 2.39. The highest BCUT2D eigenvalue weighted by Crippen LogP contribution is 2.28. The summed E-state index contributed by atoms with van der Waals surface area (Å²) >= 11 is 1.28. The van der Waals surface area contributed by atoms with E-state index < -0.39 is 0 Å². The first kappa shape index (κ1) is 7.49. The van der Waals surface area contributed by atoms with Crippen molar-refractivity contribution in [1.29, 1.82) is 0 Å². The summed E-state index contributed by atoms with van der Waals surface area (Å²) in [6, 6.07) is 7.51. The topological polar surface area (TPSA) is 41.8 Å². The van der Waals surface area contributed by atoms with Crippen molar-refractivity contribution in [3.63, 3.8) is 0 Å². The monoisotopic (exact) mass is 181 g/mol. The molecule has 0 saturated carbocycles. The minimum atomic E-state index is 0.591. The van der Waals surface area contributed by atoms with E-state index in [9.17, 15) is 0 Å². The van der Waals surface area contributed by atoms with Gasteiger partial charge in [-0.3, -0.25) is 0 Å². The molecule has 0 amide bonds. The fourth-order valence-electron chi connectivity index (χ4n) is 1.09. The summed E-state index contributed by atoms with van der Waals surface area (Å²) < 4.78 is 5.28. The molecule has 4 heteroatoms. The fourth-order valence-corrected chi connectivity index (χ4v) is 1.74. The Bertz CT molecular complexity index is 325. The average molecular weight is 181 g/mol. The number of oxime groups is 1. The highest BCUT2D eigenvalue weighted by Gasteiger charge is 2.16. The molecule has 0 bridgehead atoms. The Morgan fingerprint density at radius 2 is 2.25 bits per heavy atom. The summed E-state index contributed by atoms with van der Waals surface area (Å²) in [7, 11) is 0. The summed E-state index contributed by atoms with van der Waals surface area (Å²) in [6.45, 7) is 0. The van der Waals surface area contributed by atoms with Crippen molar-refractivity contribution in [3.05, 3.63) is 29.8 Å². The lowest BCUT2D eigenvalue weighted by molar-refractivity contribution is 0.319. The number of benzene rings is 1. The van der Waals surface area contributed by atoms with E-state index in [1.807, 2.05) is 24.3 Å². The van der Waals surface area contributed by atoms with Crippen molar-refractivity contribution in [1.82, 2.24) is 0 Å². The van der Waals surface area contributed by atoms with Crippen LogP contribution in [-0.2, 0) is 0 Å². The van der Waals surface area contributed by atoms with Gasteiger partial charge < -0.3 is 9.39 Å². The molecule has 62 valence electrons. The number of nitrogens with zero attached hydrogens (tertiary/aromatic N) is 1. The van der Waals surface area contributed by atoms with Gasteiger partial charge in [0.25, 0.3) is 0 Å². The van der Waals surface area contributed by atoms with E-state index in [0.717, 1.165) is 11.3 Å². The molecule has 1 aliphatic heterocycles. The Morgan fingerprint density at radius 3 is 3.08 bits per heavy atom. The van der Waals surface area contributed by atoms with Gasteiger partial charge in [-0.2, -0.15) is 0 Å². The van der Waals surface area contributed by atoms with Crippen molar-refractivity contribution in [2.75, 3.05) is 5.75 Å². The average Bonchev–Trinajstić information content (AvgIpc) is 2.17. The summed E-state index contributed by atoms with van der Waals surface area (Å²) in [4.78, 5) is 0. The first-order valence-electron chi connectivity index (χ1n) is 3.51. The zero-order chi connectivity index (χ0) is 8.39. The van der Waals surface area contributed by atoms with Gasteiger partial charge in [0.05, 0.1) is 17.8 Å². The van der Waals surface area contributed by atoms with Gasteiger partial charge in [-0.1, -0.05) is 17.3 Å². The van der Waals surface area contributed by atoms with Crippen LogP contribution >= 0.6 is 12.0 Å². The van der Waals surface area contributed by atoms with Crippen LogP contribution < -0.4 is 4.18 Å². The smallest absolute Gasteiger partial charge is 0.146 e. The van der Waals surface area contributed by atoms with E-state index in [1.165, 1.54) is 12.0 Å². The fraction of sp³-hybridized carbons (Fsp3) is 0.125. The molecule has 0 spiro atoms. The number of fused-ring (bicyclic) bond motifs is 1. The predicted molar refractivity (Wildman–Crippen MR) is 47.9 cm³/mol. The molecule has 2 rings (SSSR count). The molecule has 1 aromatic rings. The number of hydrogen-bond donors (Lipinski definition) is 1. The maximum Gasteiger partial charge on any atom is 0.146 e. The Morgan fingerprint density at radius 1 is 1.42 bits per heavy atom. The van der Waals surface area contributed by atoms with E-state index in [4.69, 9.17) is 9.39 Å². The SMILES string of the molecule is ON=C1CSOc2ccccc21. The molecule has 0 fully saturated rings. The van der Waals surface area contributed by atoms with Gasteiger partial charge in [0.15, 0.2) is 0 Å². The minimum Gasteiger partial charge on any atom is -0.425 e. The van der Waals surface area contributed by atoms with Gasteiger partial charge >= 0.3 is 0 Å². The van der Waals surface area contributed by atoms with Crippen molar-refractivity contribution < 1.29 is 9.39 Å². The van der Waals surface area contributed by atoms with Crippen LogP contribution in [0, 0.1) is 0 Å². The first-order chi connectivity index (χ1) is 5.92. The van der Waals surface area contributed by atoms with E-state index in [0.29, 0.717) is 11.5 Å². The maximum atomic E-state index is 8.66. The van der Waals surface area contributed by atoms with Crippen LogP contribution in [0.15, 0.2) is 29.4 Å². The number of hydrogen-bond acceptors (Lipinski definition) is 4. The largest absolute Gasteiger partial charge is 0.425 e. The molecule has 1 aromatic carbocycles. The molecule has 1 aliphatic rings. The molecule has 0 aliphatic carbocycles. The molecule has 0 radical (unpaired) electrons. The zero-order valence-electron chi connectivity index (χ0n) is 6.23. The Kier molecular flexibility index (Phi) is 1.91.